The molecule has 2 heterocycles. The number of nitrogens with one attached hydrogen (secondary N) is 2. The van der Waals surface area contributed by atoms with Crippen molar-refractivity contribution in [3.05, 3.63) is 94.2 Å². The number of fused-ring (bicyclic) bond motifs is 1. The molecule has 0 amide bonds. The van der Waals surface area contributed by atoms with Gasteiger partial charge in [-0.2, -0.15) is 0 Å². The fraction of sp³-hybridized carbons (Fsp3) is 0.167. The Morgan fingerprint density at radius 2 is 1.94 bits per heavy atom. The van der Waals surface area contributed by atoms with Crippen LogP contribution in [0.15, 0.2) is 76.1 Å². The predicted octanol–water partition coefficient (Wildman–Crippen LogP) is 4.84. The Balaban J connectivity index is 1.60. The molecular weight excluding hydrogens is 410 g/mol. The summed E-state index contributed by atoms with van der Waals surface area (Å²) in [5, 5.41) is 4.71. The van der Waals surface area contributed by atoms with Crippen LogP contribution in [0.4, 0.5) is 5.69 Å². The third kappa shape index (κ3) is 4.95. The summed E-state index contributed by atoms with van der Waals surface area (Å²) in [6.45, 7) is 2.77. The number of hydrogen-bond acceptors (Lipinski definition) is 4. The third-order valence-corrected chi connectivity index (χ3v) is 5.36. The van der Waals surface area contributed by atoms with Crippen molar-refractivity contribution in [1.29, 1.82) is 0 Å². The third-order valence-electron chi connectivity index (χ3n) is 4.99. The maximum atomic E-state index is 12.8. The smallest absolute Gasteiger partial charge is 0.253 e. The highest BCUT2D eigenvalue weighted by molar-refractivity contribution is 7.80. The van der Waals surface area contributed by atoms with Crippen molar-refractivity contribution < 1.29 is 9.15 Å². The fourth-order valence-electron chi connectivity index (χ4n) is 3.35. The zero-order chi connectivity index (χ0) is 21.8. The Labute approximate surface area is 185 Å². The van der Waals surface area contributed by atoms with Crippen LogP contribution in [0.5, 0.6) is 5.75 Å². The topological polar surface area (TPSA) is 70.5 Å². The van der Waals surface area contributed by atoms with Crippen molar-refractivity contribution in [2.75, 3.05) is 12.4 Å². The minimum absolute atomic E-state index is 0.130. The Kier molecular flexibility index (Phi) is 6.04. The average Bonchev–Trinajstić information content (AvgIpc) is 3.27. The zero-order valence-electron chi connectivity index (χ0n) is 17.3. The van der Waals surface area contributed by atoms with E-state index in [9.17, 15) is 4.79 Å². The summed E-state index contributed by atoms with van der Waals surface area (Å²) < 4.78 is 10.7. The standard InChI is InChI=1S/C24H23N3O3S/c1-16-5-6-17-13-18(23(28)26-22(17)12-16)14-27(15-21-4-3-11-30-21)24(31)25-19-7-9-20(29-2)10-8-19/h3-13H,14-15H2,1-2H3,(H,25,31)(H,26,28). The number of nitrogens with zero attached hydrogens (tertiary/aromatic N) is 1. The molecule has 31 heavy (non-hydrogen) atoms. The second-order valence-electron chi connectivity index (χ2n) is 7.31. The van der Waals surface area contributed by atoms with Gasteiger partial charge in [0.1, 0.15) is 11.5 Å². The molecule has 0 saturated heterocycles. The van der Waals surface area contributed by atoms with E-state index in [-0.39, 0.29) is 5.56 Å². The largest absolute Gasteiger partial charge is 0.497 e. The van der Waals surface area contributed by atoms with Crippen molar-refractivity contribution in [2.24, 2.45) is 0 Å². The Morgan fingerprint density at radius 1 is 1.13 bits per heavy atom. The van der Waals surface area contributed by atoms with Crippen LogP contribution >= 0.6 is 12.2 Å². The number of furan rings is 1. The zero-order valence-corrected chi connectivity index (χ0v) is 18.2. The lowest BCUT2D eigenvalue weighted by Crippen LogP contribution is -2.35. The summed E-state index contributed by atoms with van der Waals surface area (Å²) in [4.78, 5) is 17.6. The Bertz CT molecular complexity index is 1250. The van der Waals surface area contributed by atoms with E-state index in [1.807, 2.05) is 72.5 Å². The van der Waals surface area contributed by atoms with Crippen LogP contribution in [0.3, 0.4) is 0 Å². The molecule has 2 aromatic carbocycles. The molecule has 4 aromatic rings. The van der Waals surface area contributed by atoms with Crippen LogP contribution in [-0.4, -0.2) is 22.1 Å². The molecule has 0 saturated carbocycles. The van der Waals surface area contributed by atoms with Crippen LogP contribution in [-0.2, 0) is 13.1 Å². The van der Waals surface area contributed by atoms with E-state index in [2.05, 4.69) is 10.3 Å². The van der Waals surface area contributed by atoms with Crippen LogP contribution in [0.2, 0.25) is 0 Å². The van der Waals surface area contributed by atoms with Gasteiger partial charge in [0, 0.05) is 16.8 Å². The molecule has 2 aromatic heterocycles. The summed E-state index contributed by atoms with van der Waals surface area (Å²) in [5.41, 5.74) is 3.25. The van der Waals surface area contributed by atoms with Gasteiger partial charge in [-0.3, -0.25) is 4.79 Å². The summed E-state index contributed by atoms with van der Waals surface area (Å²) in [6, 6.07) is 19.1. The van der Waals surface area contributed by atoms with Gasteiger partial charge in [0.25, 0.3) is 5.56 Å². The van der Waals surface area contributed by atoms with Crippen molar-refractivity contribution in [1.82, 2.24) is 9.88 Å². The molecule has 4 rings (SSSR count). The molecular formula is C24H23N3O3S. The van der Waals surface area contributed by atoms with E-state index in [1.165, 1.54) is 0 Å². The molecule has 158 valence electrons. The number of methoxy groups -OCH3 is 1. The molecule has 0 fully saturated rings. The van der Waals surface area contributed by atoms with Crippen molar-refractivity contribution in [2.45, 2.75) is 20.0 Å². The highest BCUT2D eigenvalue weighted by atomic mass is 32.1. The van der Waals surface area contributed by atoms with Crippen LogP contribution in [0.1, 0.15) is 16.9 Å². The Morgan fingerprint density at radius 3 is 2.65 bits per heavy atom. The average molecular weight is 434 g/mol. The van der Waals surface area contributed by atoms with Crippen LogP contribution in [0.25, 0.3) is 10.9 Å². The van der Waals surface area contributed by atoms with E-state index in [0.717, 1.165) is 33.7 Å². The molecule has 7 heteroatoms. The number of aromatic amines is 1. The molecule has 0 radical (unpaired) electrons. The molecule has 0 aliphatic rings. The minimum Gasteiger partial charge on any atom is -0.497 e. The quantitative estimate of drug-likeness (QED) is 0.424. The summed E-state index contributed by atoms with van der Waals surface area (Å²) in [6.07, 6.45) is 1.62. The number of H-pyrrole nitrogens is 1. The lowest BCUT2D eigenvalue weighted by molar-refractivity contribution is 0.359. The van der Waals surface area contributed by atoms with Gasteiger partial charge in [-0.25, -0.2) is 0 Å². The molecule has 0 atom stereocenters. The molecule has 0 spiro atoms. The van der Waals surface area contributed by atoms with Gasteiger partial charge in [-0.15, -0.1) is 0 Å². The lowest BCUT2D eigenvalue weighted by atomic mass is 10.1. The van der Waals surface area contributed by atoms with Gasteiger partial charge in [-0.1, -0.05) is 12.1 Å². The first-order valence-electron chi connectivity index (χ1n) is 9.87. The molecule has 6 nitrogen and oxygen atoms in total. The highest BCUT2D eigenvalue weighted by Gasteiger charge is 2.16. The number of aryl methyl sites for hydroxylation is 1. The van der Waals surface area contributed by atoms with Gasteiger partial charge in [0.05, 0.1) is 26.5 Å². The lowest BCUT2D eigenvalue weighted by Gasteiger charge is -2.25. The highest BCUT2D eigenvalue weighted by Crippen LogP contribution is 2.18. The van der Waals surface area contributed by atoms with E-state index < -0.39 is 0 Å². The number of ether oxygens (including phenoxy) is 1. The summed E-state index contributed by atoms with van der Waals surface area (Å²) in [7, 11) is 1.63. The van der Waals surface area contributed by atoms with Crippen LogP contribution < -0.4 is 15.6 Å². The molecule has 2 N–H and O–H groups in total. The van der Waals surface area contributed by atoms with E-state index in [0.29, 0.717) is 23.8 Å². The fourth-order valence-corrected chi connectivity index (χ4v) is 3.60. The first-order chi connectivity index (χ1) is 15.0. The number of pyridine rings is 1. The van der Waals surface area contributed by atoms with Gasteiger partial charge >= 0.3 is 0 Å². The summed E-state index contributed by atoms with van der Waals surface area (Å²) in [5.74, 6) is 1.52. The van der Waals surface area contributed by atoms with Gasteiger partial charge in [0.15, 0.2) is 5.11 Å². The number of benzene rings is 2. The van der Waals surface area contributed by atoms with E-state index in [4.69, 9.17) is 21.4 Å². The van der Waals surface area contributed by atoms with Gasteiger partial charge in [-0.05, 0) is 78.6 Å². The summed E-state index contributed by atoms with van der Waals surface area (Å²) >= 11 is 5.68. The van der Waals surface area contributed by atoms with E-state index >= 15 is 0 Å². The number of hydrogen-bond donors (Lipinski definition) is 2. The van der Waals surface area contributed by atoms with Crippen molar-refractivity contribution in [3.63, 3.8) is 0 Å². The SMILES string of the molecule is COc1ccc(NC(=S)N(Cc2ccco2)Cc2cc3ccc(C)cc3[nH]c2=O)cc1. The molecule has 0 bridgehead atoms. The van der Waals surface area contributed by atoms with E-state index in [1.54, 1.807) is 13.4 Å². The Hall–Kier alpha value is -3.58. The van der Waals surface area contributed by atoms with Crippen LogP contribution in [0, 0.1) is 6.92 Å². The second kappa shape index (κ2) is 9.06. The monoisotopic (exact) mass is 433 g/mol. The number of rotatable bonds is 6. The van der Waals surface area contributed by atoms with Crippen molar-refractivity contribution in [3.8, 4) is 5.75 Å². The maximum absolute atomic E-state index is 12.8. The second-order valence-corrected chi connectivity index (χ2v) is 7.70. The maximum Gasteiger partial charge on any atom is 0.253 e. The van der Waals surface area contributed by atoms with Crippen molar-refractivity contribution >= 4 is 33.9 Å². The molecule has 0 aliphatic carbocycles. The van der Waals surface area contributed by atoms with Gasteiger partial charge < -0.3 is 24.4 Å². The number of anilines is 1. The first-order valence-corrected chi connectivity index (χ1v) is 10.3. The number of aromatic nitrogens is 1. The minimum atomic E-state index is -0.130. The molecule has 0 aliphatic heterocycles. The number of thiocarbonyl (C=S) groups is 1. The van der Waals surface area contributed by atoms with Gasteiger partial charge in [0.2, 0.25) is 0 Å². The first kappa shape index (κ1) is 20.7. The molecule has 0 unspecified atom stereocenters. The normalized spacial score (nSPS) is 10.8. The predicted molar refractivity (Wildman–Crippen MR) is 126 cm³/mol.